The van der Waals surface area contributed by atoms with Crippen LogP contribution >= 0.6 is 0 Å². The molecule has 2 nitrogen and oxygen atoms in total. The van der Waals surface area contributed by atoms with Crippen LogP contribution in [-0.2, 0) is 0 Å². The monoisotopic (exact) mass is 240 g/mol. The van der Waals surface area contributed by atoms with Gasteiger partial charge in [0.2, 0.25) is 0 Å². The molecule has 0 saturated heterocycles. The molecule has 102 valence electrons. The minimum absolute atomic E-state index is 0.363. The van der Waals surface area contributed by atoms with E-state index in [4.69, 9.17) is 5.73 Å². The standard InChI is InChI=1S/C15H32N2/c1-12(15(2,3)4)17(5)11-14-9-7-6-8-13(14)10-16/h12-14H,6-11,16H2,1-5H3. The first-order valence-electron chi connectivity index (χ1n) is 7.26. The zero-order valence-corrected chi connectivity index (χ0v) is 12.5. The van der Waals surface area contributed by atoms with Crippen LogP contribution in [0.15, 0.2) is 0 Å². The van der Waals surface area contributed by atoms with Gasteiger partial charge in [0, 0.05) is 12.6 Å². The van der Waals surface area contributed by atoms with E-state index in [2.05, 4.69) is 39.6 Å². The Hall–Kier alpha value is -0.0800. The van der Waals surface area contributed by atoms with Crippen molar-refractivity contribution in [2.45, 2.75) is 59.4 Å². The summed E-state index contributed by atoms with van der Waals surface area (Å²) in [4.78, 5) is 2.54. The molecule has 0 bridgehead atoms. The van der Waals surface area contributed by atoms with Gasteiger partial charge in [0.05, 0.1) is 0 Å². The van der Waals surface area contributed by atoms with E-state index in [1.54, 1.807) is 0 Å². The minimum atomic E-state index is 0.363. The van der Waals surface area contributed by atoms with Crippen LogP contribution in [0.1, 0.15) is 53.4 Å². The molecule has 0 spiro atoms. The van der Waals surface area contributed by atoms with Crippen molar-refractivity contribution in [2.75, 3.05) is 20.1 Å². The Morgan fingerprint density at radius 3 is 2.18 bits per heavy atom. The Balaban J connectivity index is 2.51. The molecule has 0 aromatic carbocycles. The van der Waals surface area contributed by atoms with Gasteiger partial charge in [0.1, 0.15) is 0 Å². The molecule has 3 atom stereocenters. The number of hydrogen-bond donors (Lipinski definition) is 1. The van der Waals surface area contributed by atoms with Crippen LogP contribution in [0.2, 0.25) is 0 Å². The second-order valence-corrected chi connectivity index (χ2v) is 7.02. The van der Waals surface area contributed by atoms with Crippen molar-refractivity contribution in [3.8, 4) is 0 Å². The molecule has 2 N–H and O–H groups in total. The van der Waals surface area contributed by atoms with Crippen molar-refractivity contribution in [1.82, 2.24) is 4.90 Å². The third-order valence-corrected chi connectivity index (χ3v) is 4.81. The van der Waals surface area contributed by atoms with Crippen molar-refractivity contribution in [3.05, 3.63) is 0 Å². The fraction of sp³-hybridized carbons (Fsp3) is 1.00. The Morgan fingerprint density at radius 2 is 1.71 bits per heavy atom. The Labute approximate surface area is 108 Å². The first-order valence-corrected chi connectivity index (χ1v) is 7.26. The average Bonchev–Trinajstić information content (AvgIpc) is 2.27. The molecule has 1 aliphatic rings. The number of nitrogens with two attached hydrogens (primary N) is 1. The molecule has 3 unspecified atom stereocenters. The fourth-order valence-electron chi connectivity index (χ4n) is 3.02. The summed E-state index contributed by atoms with van der Waals surface area (Å²) in [5, 5.41) is 0. The summed E-state index contributed by atoms with van der Waals surface area (Å²) in [6.45, 7) is 11.4. The smallest absolute Gasteiger partial charge is 0.0112 e. The van der Waals surface area contributed by atoms with Crippen LogP contribution in [0.3, 0.4) is 0 Å². The quantitative estimate of drug-likeness (QED) is 0.818. The van der Waals surface area contributed by atoms with Crippen LogP contribution in [0.25, 0.3) is 0 Å². The second-order valence-electron chi connectivity index (χ2n) is 7.02. The normalized spacial score (nSPS) is 28.4. The molecule has 2 heteroatoms. The Bertz CT molecular complexity index is 219. The molecule has 1 aliphatic carbocycles. The zero-order valence-electron chi connectivity index (χ0n) is 12.5. The van der Waals surface area contributed by atoms with Gasteiger partial charge in [-0.1, -0.05) is 33.6 Å². The summed E-state index contributed by atoms with van der Waals surface area (Å²) in [5.41, 5.74) is 6.28. The topological polar surface area (TPSA) is 29.3 Å². The molecule has 0 aliphatic heterocycles. The predicted octanol–water partition coefficient (Wildman–Crippen LogP) is 3.12. The second kappa shape index (κ2) is 6.19. The van der Waals surface area contributed by atoms with E-state index in [1.165, 1.54) is 32.2 Å². The van der Waals surface area contributed by atoms with Crippen LogP contribution in [0.5, 0.6) is 0 Å². The van der Waals surface area contributed by atoms with Gasteiger partial charge >= 0.3 is 0 Å². The summed E-state index contributed by atoms with van der Waals surface area (Å²) in [6, 6.07) is 0.628. The van der Waals surface area contributed by atoms with E-state index >= 15 is 0 Å². The number of hydrogen-bond acceptors (Lipinski definition) is 2. The first-order chi connectivity index (χ1) is 7.86. The lowest BCUT2D eigenvalue weighted by Crippen LogP contribution is -2.44. The largest absolute Gasteiger partial charge is 0.330 e. The van der Waals surface area contributed by atoms with E-state index in [-0.39, 0.29) is 0 Å². The van der Waals surface area contributed by atoms with Crippen LogP contribution in [0, 0.1) is 17.3 Å². The molecule has 0 amide bonds. The molecule has 17 heavy (non-hydrogen) atoms. The van der Waals surface area contributed by atoms with Crippen LogP contribution in [0.4, 0.5) is 0 Å². The van der Waals surface area contributed by atoms with Crippen LogP contribution < -0.4 is 5.73 Å². The van der Waals surface area contributed by atoms with E-state index < -0.39 is 0 Å². The number of rotatable bonds is 4. The minimum Gasteiger partial charge on any atom is -0.330 e. The predicted molar refractivity (Wildman–Crippen MR) is 76.0 cm³/mol. The fourth-order valence-corrected chi connectivity index (χ4v) is 3.02. The zero-order chi connectivity index (χ0) is 13.1. The van der Waals surface area contributed by atoms with Gasteiger partial charge in [-0.15, -0.1) is 0 Å². The highest BCUT2D eigenvalue weighted by molar-refractivity contribution is 4.83. The lowest BCUT2D eigenvalue weighted by Gasteiger charge is -2.40. The molecule has 1 rings (SSSR count). The third-order valence-electron chi connectivity index (χ3n) is 4.81. The molecule has 0 radical (unpaired) electrons. The molecule has 0 aromatic heterocycles. The van der Waals surface area contributed by atoms with Gasteiger partial charge < -0.3 is 10.6 Å². The summed E-state index contributed by atoms with van der Waals surface area (Å²) < 4.78 is 0. The average molecular weight is 240 g/mol. The molecule has 0 aromatic rings. The maximum absolute atomic E-state index is 5.91. The van der Waals surface area contributed by atoms with E-state index in [9.17, 15) is 0 Å². The van der Waals surface area contributed by atoms with Crippen molar-refractivity contribution in [1.29, 1.82) is 0 Å². The van der Waals surface area contributed by atoms with Gasteiger partial charge in [-0.3, -0.25) is 0 Å². The molecular weight excluding hydrogens is 208 g/mol. The summed E-state index contributed by atoms with van der Waals surface area (Å²) in [5.74, 6) is 1.59. The Kier molecular flexibility index (Phi) is 5.46. The van der Waals surface area contributed by atoms with Gasteiger partial charge in [-0.2, -0.15) is 0 Å². The van der Waals surface area contributed by atoms with Crippen molar-refractivity contribution in [2.24, 2.45) is 23.0 Å². The van der Waals surface area contributed by atoms with Gasteiger partial charge in [0.15, 0.2) is 0 Å². The van der Waals surface area contributed by atoms with Crippen molar-refractivity contribution < 1.29 is 0 Å². The van der Waals surface area contributed by atoms with E-state index in [0.717, 1.165) is 18.4 Å². The van der Waals surface area contributed by atoms with Gasteiger partial charge in [-0.05, 0) is 50.6 Å². The van der Waals surface area contributed by atoms with Crippen molar-refractivity contribution in [3.63, 3.8) is 0 Å². The maximum atomic E-state index is 5.91. The highest BCUT2D eigenvalue weighted by atomic mass is 15.1. The molecule has 1 fully saturated rings. The first kappa shape index (κ1) is 15.0. The summed E-state index contributed by atoms with van der Waals surface area (Å²) in [7, 11) is 2.28. The summed E-state index contributed by atoms with van der Waals surface area (Å²) >= 11 is 0. The Morgan fingerprint density at radius 1 is 1.18 bits per heavy atom. The lowest BCUT2D eigenvalue weighted by molar-refractivity contribution is 0.0939. The molecule has 0 heterocycles. The van der Waals surface area contributed by atoms with Crippen molar-refractivity contribution >= 4 is 0 Å². The van der Waals surface area contributed by atoms with Crippen LogP contribution in [-0.4, -0.2) is 31.1 Å². The molecule has 1 saturated carbocycles. The highest BCUT2D eigenvalue weighted by Gasteiger charge is 2.29. The number of nitrogens with zero attached hydrogens (tertiary/aromatic N) is 1. The van der Waals surface area contributed by atoms with Gasteiger partial charge in [-0.25, -0.2) is 0 Å². The third kappa shape index (κ3) is 4.26. The summed E-state index contributed by atoms with van der Waals surface area (Å²) in [6.07, 6.45) is 5.51. The SMILES string of the molecule is CC(N(C)CC1CCCCC1CN)C(C)(C)C. The maximum Gasteiger partial charge on any atom is 0.0112 e. The molecular formula is C15H32N2. The van der Waals surface area contributed by atoms with E-state index in [1.807, 2.05) is 0 Å². The highest BCUT2D eigenvalue weighted by Crippen LogP contribution is 2.31. The van der Waals surface area contributed by atoms with Gasteiger partial charge in [0.25, 0.3) is 0 Å². The van der Waals surface area contributed by atoms with E-state index in [0.29, 0.717) is 11.5 Å². The lowest BCUT2D eigenvalue weighted by atomic mass is 9.78.